The van der Waals surface area contributed by atoms with Crippen LogP contribution < -0.4 is 4.90 Å². The molecule has 146 valence electrons. The molecule has 1 aromatic carbocycles. The van der Waals surface area contributed by atoms with Gasteiger partial charge in [0.2, 0.25) is 0 Å². The summed E-state index contributed by atoms with van der Waals surface area (Å²) in [4.78, 5) is 42.7. The highest BCUT2D eigenvalue weighted by molar-refractivity contribution is 6.19. The predicted molar refractivity (Wildman–Crippen MR) is 101 cm³/mol. The first kappa shape index (κ1) is 18.2. The number of urea groups is 1. The number of likely N-dealkylation sites (tertiary alicyclic amines) is 1. The first-order chi connectivity index (χ1) is 13.5. The Bertz CT molecular complexity index is 896. The van der Waals surface area contributed by atoms with Gasteiger partial charge in [0.15, 0.2) is 0 Å². The first-order valence-corrected chi connectivity index (χ1v) is 9.38. The monoisotopic (exact) mass is 382 g/mol. The average Bonchev–Trinajstić information content (AvgIpc) is 3.20. The number of rotatable bonds is 3. The molecule has 28 heavy (non-hydrogen) atoms. The molecule has 4 rings (SSSR count). The number of amides is 4. The predicted octanol–water partition coefficient (Wildman–Crippen LogP) is 2.36. The van der Waals surface area contributed by atoms with Crippen molar-refractivity contribution < 1.29 is 18.9 Å². The van der Waals surface area contributed by atoms with Crippen LogP contribution in [-0.4, -0.2) is 58.5 Å². The molecule has 0 atom stereocenters. The molecule has 0 aliphatic carbocycles. The second-order valence-corrected chi connectivity index (χ2v) is 7.20. The van der Waals surface area contributed by atoms with Gasteiger partial charge in [-0.1, -0.05) is 23.4 Å². The molecular formula is C20H22N4O4. The van der Waals surface area contributed by atoms with Crippen LogP contribution in [0.15, 0.2) is 34.9 Å². The van der Waals surface area contributed by atoms with Crippen molar-refractivity contribution >= 4 is 23.5 Å². The summed E-state index contributed by atoms with van der Waals surface area (Å²) >= 11 is 0. The number of carbonyl (C=O) groups is 3. The third kappa shape index (κ3) is 3.04. The number of imide groups is 1. The fourth-order valence-electron chi connectivity index (χ4n) is 3.96. The number of aromatic nitrogens is 1. The summed E-state index contributed by atoms with van der Waals surface area (Å²) in [6, 6.07) is 8.62. The summed E-state index contributed by atoms with van der Waals surface area (Å²) in [5, 5.41) is 3.85. The summed E-state index contributed by atoms with van der Waals surface area (Å²) in [6.45, 7) is 4.61. The van der Waals surface area contributed by atoms with Gasteiger partial charge >= 0.3 is 6.03 Å². The highest BCUT2D eigenvalue weighted by Gasteiger charge is 2.42. The van der Waals surface area contributed by atoms with Crippen molar-refractivity contribution in [3.8, 4) is 0 Å². The smallest absolute Gasteiger partial charge is 0.332 e. The van der Waals surface area contributed by atoms with E-state index >= 15 is 0 Å². The second-order valence-electron chi connectivity index (χ2n) is 7.20. The van der Waals surface area contributed by atoms with Gasteiger partial charge in [-0.05, 0) is 38.8 Å². The van der Waals surface area contributed by atoms with Crippen LogP contribution in [0, 0.1) is 13.8 Å². The van der Waals surface area contributed by atoms with Crippen LogP contribution in [0.25, 0.3) is 0 Å². The van der Waals surface area contributed by atoms with Crippen LogP contribution in [-0.2, 0) is 4.79 Å². The number of benzene rings is 1. The Morgan fingerprint density at radius 2 is 1.79 bits per heavy atom. The van der Waals surface area contributed by atoms with Gasteiger partial charge in [0.1, 0.15) is 17.9 Å². The summed E-state index contributed by atoms with van der Waals surface area (Å²) in [7, 11) is 0. The maximum atomic E-state index is 12.8. The number of para-hydroxylation sites is 1. The van der Waals surface area contributed by atoms with Gasteiger partial charge in [-0.3, -0.25) is 9.59 Å². The quantitative estimate of drug-likeness (QED) is 0.761. The zero-order valence-corrected chi connectivity index (χ0v) is 15.9. The second kappa shape index (κ2) is 7.10. The number of carbonyl (C=O) groups excluding carboxylic acids is 3. The summed E-state index contributed by atoms with van der Waals surface area (Å²) < 4.78 is 5.10. The molecule has 2 aliphatic heterocycles. The molecule has 1 aromatic heterocycles. The Morgan fingerprint density at radius 1 is 1.11 bits per heavy atom. The van der Waals surface area contributed by atoms with E-state index in [-0.39, 0.29) is 30.4 Å². The van der Waals surface area contributed by atoms with Gasteiger partial charge in [-0.2, -0.15) is 0 Å². The van der Waals surface area contributed by atoms with E-state index in [0.717, 1.165) is 0 Å². The Morgan fingerprint density at radius 3 is 2.39 bits per heavy atom. The molecule has 3 heterocycles. The van der Waals surface area contributed by atoms with E-state index in [2.05, 4.69) is 5.16 Å². The number of piperidine rings is 1. The molecule has 0 saturated carbocycles. The van der Waals surface area contributed by atoms with Crippen molar-refractivity contribution in [1.82, 2.24) is 15.0 Å². The Kier molecular flexibility index (Phi) is 4.62. The van der Waals surface area contributed by atoms with Gasteiger partial charge in [-0.25, -0.2) is 9.69 Å². The summed E-state index contributed by atoms with van der Waals surface area (Å²) in [5.74, 6) is 0.207. The van der Waals surface area contributed by atoms with Crippen molar-refractivity contribution in [3.05, 3.63) is 47.3 Å². The van der Waals surface area contributed by atoms with E-state index in [9.17, 15) is 14.4 Å². The van der Waals surface area contributed by atoms with Crippen LogP contribution in [0.1, 0.15) is 34.7 Å². The Hall–Kier alpha value is -3.16. The van der Waals surface area contributed by atoms with E-state index in [0.29, 0.717) is 48.6 Å². The van der Waals surface area contributed by atoms with Crippen molar-refractivity contribution in [2.24, 2.45) is 0 Å². The highest BCUT2D eigenvalue weighted by atomic mass is 16.5. The minimum Gasteiger partial charge on any atom is -0.361 e. The van der Waals surface area contributed by atoms with Crippen LogP contribution in [0.5, 0.6) is 0 Å². The molecule has 2 aromatic rings. The SMILES string of the molecule is Cc1noc(C)c1C(=O)N1CCC(N2CC(=O)N(c3ccccc3)C2=O)CC1. The normalized spacial score (nSPS) is 18.3. The maximum absolute atomic E-state index is 12.8. The fourth-order valence-corrected chi connectivity index (χ4v) is 3.96. The average molecular weight is 382 g/mol. The van der Waals surface area contributed by atoms with E-state index in [1.807, 2.05) is 6.07 Å². The topological polar surface area (TPSA) is 87.0 Å². The lowest BCUT2D eigenvalue weighted by molar-refractivity contribution is -0.116. The molecule has 2 saturated heterocycles. The van der Waals surface area contributed by atoms with Crippen LogP contribution in [0.4, 0.5) is 10.5 Å². The van der Waals surface area contributed by atoms with Gasteiger partial charge in [-0.15, -0.1) is 0 Å². The molecular weight excluding hydrogens is 360 g/mol. The fraction of sp³-hybridized carbons (Fsp3) is 0.400. The lowest BCUT2D eigenvalue weighted by Crippen LogP contribution is -2.48. The van der Waals surface area contributed by atoms with E-state index in [1.165, 1.54) is 4.90 Å². The lowest BCUT2D eigenvalue weighted by Gasteiger charge is -2.36. The van der Waals surface area contributed by atoms with Gasteiger partial charge in [0.05, 0.1) is 11.4 Å². The first-order valence-electron chi connectivity index (χ1n) is 9.38. The van der Waals surface area contributed by atoms with Crippen LogP contribution >= 0.6 is 0 Å². The zero-order chi connectivity index (χ0) is 19.8. The van der Waals surface area contributed by atoms with Crippen LogP contribution in [0.2, 0.25) is 0 Å². The number of aryl methyl sites for hydroxylation is 2. The highest BCUT2D eigenvalue weighted by Crippen LogP contribution is 2.27. The molecule has 8 heteroatoms. The number of nitrogens with zero attached hydrogens (tertiary/aromatic N) is 4. The van der Waals surface area contributed by atoms with E-state index in [1.54, 1.807) is 47.9 Å². The molecule has 4 amide bonds. The van der Waals surface area contributed by atoms with E-state index in [4.69, 9.17) is 4.52 Å². The Labute approximate surface area is 162 Å². The van der Waals surface area contributed by atoms with Gasteiger partial charge in [0.25, 0.3) is 11.8 Å². The molecule has 2 aliphatic rings. The van der Waals surface area contributed by atoms with Crippen LogP contribution in [0.3, 0.4) is 0 Å². The third-order valence-corrected chi connectivity index (χ3v) is 5.45. The number of hydrogen-bond donors (Lipinski definition) is 0. The van der Waals surface area contributed by atoms with Crippen molar-refractivity contribution in [1.29, 1.82) is 0 Å². The third-order valence-electron chi connectivity index (χ3n) is 5.45. The molecule has 8 nitrogen and oxygen atoms in total. The van der Waals surface area contributed by atoms with Gasteiger partial charge < -0.3 is 14.3 Å². The lowest BCUT2D eigenvalue weighted by atomic mass is 10.0. The molecule has 0 radical (unpaired) electrons. The molecule has 0 bridgehead atoms. The minimum atomic E-state index is -0.285. The molecule has 0 N–H and O–H groups in total. The van der Waals surface area contributed by atoms with Crippen molar-refractivity contribution in [3.63, 3.8) is 0 Å². The standard InChI is InChI=1S/C20H22N4O4/c1-13-18(14(2)28-21-13)19(26)22-10-8-15(9-11-22)23-12-17(25)24(20(23)27)16-6-4-3-5-7-16/h3-7,15H,8-12H2,1-2H3. The number of hydrogen-bond acceptors (Lipinski definition) is 5. The summed E-state index contributed by atoms with van der Waals surface area (Å²) in [5.41, 5.74) is 1.69. The summed E-state index contributed by atoms with van der Waals surface area (Å²) in [6.07, 6.45) is 1.27. The minimum absolute atomic E-state index is 0.0566. The van der Waals surface area contributed by atoms with E-state index < -0.39 is 0 Å². The molecule has 0 spiro atoms. The van der Waals surface area contributed by atoms with Gasteiger partial charge in [0, 0.05) is 19.1 Å². The number of anilines is 1. The maximum Gasteiger partial charge on any atom is 0.332 e. The molecule has 2 fully saturated rings. The van der Waals surface area contributed by atoms with Crippen molar-refractivity contribution in [2.45, 2.75) is 32.7 Å². The largest absolute Gasteiger partial charge is 0.361 e. The zero-order valence-electron chi connectivity index (χ0n) is 15.9. The Balaban J connectivity index is 1.42. The van der Waals surface area contributed by atoms with Crippen molar-refractivity contribution in [2.75, 3.05) is 24.5 Å². The molecule has 0 unspecified atom stereocenters.